The fourth-order valence-electron chi connectivity index (χ4n) is 7.36. The number of amides is 2. The van der Waals surface area contributed by atoms with Gasteiger partial charge in [-0.2, -0.15) is 13.2 Å². The number of likely N-dealkylation sites (tertiary alicyclic amines) is 1. The molecule has 2 aromatic heterocycles. The number of aromatic nitrogens is 2. The van der Waals surface area contributed by atoms with Crippen molar-refractivity contribution in [3.63, 3.8) is 0 Å². The molecule has 0 radical (unpaired) electrons. The Bertz CT molecular complexity index is 1670. The molecule has 8 nitrogen and oxygen atoms in total. The number of carbonyl (C=O) groups excluding carboxylic acids is 2. The average molecular weight is 695 g/mol. The van der Waals surface area contributed by atoms with E-state index in [0.717, 1.165) is 53.9 Å². The van der Waals surface area contributed by atoms with Crippen molar-refractivity contribution in [1.82, 2.24) is 20.2 Å². The van der Waals surface area contributed by atoms with E-state index in [1.54, 1.807) is 12.1 Å². The van der Waals surface area contributed by atoms with E-state index in [1.165, 1.54) is 49.0 Å². The third-order valence-corrected chi connectivity index (χ3v) is 11.6. The molecule has 260 valence electrons. The van der Waals surface area contributed by atoms with Gasteiger partial charge in [-0.25, -0.2) is 9.97 Å². The average Bonchev–Trinajstić information content (AvgIpc) is 3.60. The molecule has 3 aliphatic rings. The minimum absolute atomic E-state index is 0.00145. The number of benzene rings is 1. The van der Waals surface area contributed by atoms with E-state index in [1.807, 2.05) is 24.5 Å². The Kier molecular flexibility index (Phi) is 10.5. The molecule has 2 N–H and O–H groups in total. The molecular formula is C37H41F3N4O4S. The number of aliphatic carboxylic acids is 1. The molecule has 2 aliphatic carbocycles. The quantitative estimate of drug-likeness (QED) is 0.227. The number of carboxylic acids is 1. The molecule has 0 bridgehead atoms. The second-order valence-electron chi connectivity index (χ2n) is 13.6. The lowest BCUT2D eigenvalue weighted by atomic mass is 9.71. The smallest absolute Gasteiger partial charge is 0.425 e. The summed E-state index contributed by atoms with van der Waals surface area (Å²) in [5.74, 6) is 0.0763. The van der Waals surface area contributed by atoms with Gasteiger partial charge in [0.1, 0.15) is 10.9 Å². The van der Waals surface area contributed by atoms with E-state index in [-0.39, 0.29) is 24.4 Å². The number of rotatable bonds is 10. The van der Waals surface area contributed by atoms with E-state index in [9.17, 15) is 32.7 Å². The number of thiophene rings is 1. The van der Waals surface area contributed by atoms with Crippen LogP contribution in [0.15, 0.2) is 54.9 Å². The van der Waals surface area contributed by atoms with Gasteiger partial charge in [-0.1, -0.05) is 56.5 Å². The largest absolute Gasteiger partial charge is 0.481 e. The van der Waals surface area contributed by atoms with Gasteiger partial charge < -0.3 is 15.3 Å². The molecule has 49 heavy (non-hydrogen) atoms. The summed E-state index contributed by atoms with van der Waals surface area (Å²) in [6, 6.07) is 8.04. The Morgan fingerprint density at radius 3 is 2.22 bits per heavy atom. The Morgan fingerprint density at radius 1 is 0.959 bits per heavy atom. The predicted octanol–water partition coefficient (Wildman–Crippen LogP) is 7.51. The van der Waals surface area contributed by atoms with Crippen molar-refractivity contribution in [3.05, 3.63) is 75.7 Å². The van der Waals surface area contributed by atoms with Gasteiger partial charge in [-0.15, -0.1) is 11.3 Å². The van der Waals surface area contributed by atoms with Crippen LogP contribution in [0.2, 0.25) is 0 Å². The summed E-state index contributed by atoms with van der Waals surface area (Å²) < 4.78 is 39.3. The number of carboxylic acid groups (broad SMARTS) is 1. The number of hydrogen-bond acceptors (Lipinski definition) is 6. The van der Waals surface area contributed by atoms with Crippen LogP contribution >= 0.6 is 11.3 Å². The summed E-state index contributed by atoms with van der Waals surface area (Å²) in [6.07, 6.45) is 11.7. The highest BCUT2D eigenvalue weighted by Gasteiger charge is 2.39. The molecule has 6 rings (SSSR count). The van der Waals surface area contributed by atoms with E-state index in [0.29, 0.717) is 22.7 Å². The van der Waals surface area contributed by atoms with Gasteiger partial charge >= 0.3 is 12.1 Å². The predicted molar refractivity (Wildman–Crippen MR) is 181 cm³/mol. The Morgan fingerprint density at radius 2 is 1.65 bits per heavy atom. The van der Waals surface area contributed by atoms with Crippen LogP contribution in [-0.4, -0.2) is 56.9 Å². The molecule has 1 aromatic carbocycles. The number of nitrogens with one attached hydrogen (secondary N) is 1. The van der Waals surface area contributed by atoms with Gasteiger partial charge in [-0.05, 0) is 73.1 Å². The zero-order chi connectivity index (χ0) is 34.7. The highest BCUT2D eigenvalue weighted by molar-refractivity contribution is 7.14. The van der Waals surface area contributed by atoms with Crippen LogP contribution in [0.4, 0.5) is 13.2 Å². The zero-order valence-electron chi connectivity index (χ0n) is 27.4. The van der Waals surface area contributed by atoms with E-state index in [4.69, 9.17) is 0 Å². The van der Waals surface area contributed by atoms with Gasteiger partial charge in [0, 0.05) is 43.0 Å². The lowest BCUT2D eigenvalue weighted by molar-refractivity contribution is -0.153. The summed E-state index contributed by atoms with van der Waals surface area (Å²) in [7, 11) is 0. The summed E-state index contributed by atoms with van der Waals surface area (Å²) >= 11 is 0.299. The minimum atomic E-state index is -4.59. The number of hydrogen-bond donors (Lipinski definition) is 2. The lowest BCUT2D eigenvalue weighted by Gasteiger charge is -2.38. The molecule has 3 heterocycles. The number of halogens is 3. The molecule has 3 aromatic rings. The maximum absolute atomic E-state index is 13.3. The molecule has 1 aliphatic heterocycles. The van der Waals surface area contributed by atoms with Crippen LogP contribution < -0.4 is 5.32 Å². The van der Waals surface area contributed by atoms with Crippen molar-refractivity contribution in [2.75, 3.05) is 13.1 Å². The number of allylic oxidation sites excluding steroid dienone is 2. The fraction of sp³-hybridized carbons (Fsp3) is 0.486. The van der Waals surface area contributed by atoms with Crippen molar-refractivity contribution < 1.29 is 32.7 Å². The molecule has 2 amide bonds. The monoisotopic (exact) mass is 694 g/mol. The van der Waals surface area contributed by atoms with Crippen molar-refractivity contribution >= 4 is 34.7 Å². The standard InChI is InChI=1S/C37H41F3N4O4S/c1-2-22-3-7-24(8-4-22)25-11-13-26(14-12-25)28-18-41-33(42-19-28)27-9-5-23(6-10-27)17-30(35(46)44-20-29(21-44)36(47)48)43-34(45)31-15-16-32(49-31)37(38,39)40/h5-6,9-10,13,15-16,18-19,22,24-25,29-30H,2-4,7-8,11-12,14,17,20-21H2,1H3,(H,43,45)(H,47,48)/t22?,24?,25?,30-/m0/s1. The molecular weight excluding hydrogens is 653 g/mol. The van der Waals surface area contributed by atoms with Crippen LogP contribution in [-0.2, 0) is 22.2 Å². The third kappa shape index (κ3) is 8.22. The first-order valence-electron chi connectivity index (χ1n) is 17.1. The molecule has 2 fully saturated rings. The Balaban J connectivity index is 1.09. The maximum atomic E-state index is 13.3. The second-order valence-corrected chi connectivity index (χ2v) is 14.7. The van der Waals surface area contributed by atoms with Crippen molar-refractivity contribution in [1.29, 1.82) is 0 Å². The first-order chi connectivity index (χ1) is 23.5. The minimum Gasteiger partial charge on any atom is -0.481 e. The normalized spacial score (nSPS) is 22.2. The van der Waals surface area contributed by atoms with Gasteiger partial charge in [0.2, 0.25) is 5.91 Å². The van der Waals surface area contributed by atoms with E-state index >= 15 is 0 Å². The van der Waals surface area contributed by atoms with Crippen LogP contribution in [0.5, 0.6) is 0 Å². The van der Waals surface area contributed by atoms with Gasteiger partial charge in [0.15, 0.2) is 5.82 Å². The lowest BCUT2D eigenvalue weighted by Crippen LogP contribution is -2.59. The van der Waals surface area contributed by atoms with Crippen LogP contribution in [0.25, 0.3) is 17.0 Å². The fourth-order valence-corrected chi connectivity index (χ4v) is 8.13. The molecule has 12 heteroatoms. The molecule has 0 spiro atoms. The summed E-state index contributed by atoms with van der Waals surface area (Å²) in [5, 5.41) is 11.8. The van der Waals surface area contributed by atoms with Gasteiger partial charge in [-0.3, -0.25) is 14.4 Å². The van der Waals surface area contributed by atoms with Crippen LogP contribution in [0.3, 0.4) is 0 Å². The summed E-state index contributed by atoms with van der Waals surface area (Å²) in [5.41, 5.74) is 3.80. The topological polar surface area (TPSA) is 112 Å². The van der Waals surface area contributed by atoms with Gasteiger partial charge in [0.05, 0.1) is 10.8 Å². The van der Waals surface area contributed by atoms with E-state index < -0.39 is 40.8 Å². The number of alkyl halides is 3. The van der Waals surface area contributed by atoms with Crippen LogP contribution in [0.1, 0.15) is 84.0 Å². The first-order valence-corrected chi connectivity index (χ1v) is 17.9. The van der Waals surface area contributed by atoms with Gasteiger partial charge in [0.25, 0.3) is 5.91 Å². The molecule has 1 saturated carbocycles. The van der Waals surface area contributed by atoms with E-state index in [2.05, 4.69) is 28.3 Å². The van der Waals surface area contributed by atoms with Crippen LogP contribution in [0, 0.1) is 23.7 Å². The second kappa shape index (κ2) is 14.8. The highest BCUT2D eigenvalue weighted by atomic mass is 32.1. The Hall–Kier alpha value is -4.06. The molecule has 1 unspecified atom stereocenters. The van der Waals surface area contributed by atoms with Crippen molar-refractivity contribution in [2.24, 2.45) is 23.7 Å². The zero-order valence-corrected chi connectivity index (χ0v) is 28.2. The number of nitrogens with zero attached hydrogens (tertiary/aromatic N) is 3. The first kappa shape index (κ1) is 34.8. The number of carbonyl (C=O) groups is 3. The van der Waals surface area contributed by atoms with Crippen molar-refractivity contribution in [2.45, 2.75) is 76.9 Å². The third-order valence-electron chi connectivity index (χ3n) is 10.5. The summed E-state index contributed by atoms with van der Waals surface area (Å²) in [6.45, 7) is 2.31. The SMILES string of the molecule is CCC1CCC(C2CC=C(c3cnc(-c4ccc(C[C@H](NC(=O)c5ccc(C(F)(F)F)s5)C(=O)N5CC(C(=O)O)C5)cc4)nc3)CC2)CC1. The van der Waals surface area contributed by atoms with Crippen molar-refractivity contribution in [3.8, 4) is 11.4 Å². The molecule has 1 saturated heterocycles. The highest BCUT2D eigenvalue weighted by Crippen LogP contribution is 2.42. The Labute approximate surface area is 287 Å². The maximum Gasteiger partial charge on any atom is 0.425 e. The molecule has 2 atom stereocenters. The summed E-state index contributed by atoms with van der Waals surface area (Å²) in [4.78, 5) is 47.0.